The van der Waals surface area contributed by atoms with Crippen molar-refractivity contribution in [3.63, 3.8) is 0 Å². The SMILES string of the molecule is CC1(C)CC(=O)C2=C(C1)Nc1nc(SCc3ccccc3)nc(N)c1[C@@H]2c1ccc(O)cc1. The number of hydrogen-bond donors (Lipinski definition) is 3. The zero-order valence-corrected chi connectivity index (χ0v) is 19.4. The maximum Gasteiger partial charge on any atom is 0.191 e. The molecule has 2 aliphatic rings. The molecule has 0 saturated carbocycles. The summed E-state index contributed by atoms with van der Waals surface area (Å²) in [7, 11) is 0. The van der Waals surface area contributed by atoms with Gasteiger partial charge in [0.2, 0.25) is 0 Å². The molecule has 0 radical (unpaired) electrons. The third-order valence-corrected chi connectivity index (χ3v) is 7.08. The van der Waals surface area contributed by atoms with Crippen LogP contribution in [0.5, 0.6) is 5.75 Å². The normalized spacial score (nSPS) is 19.0. The van der Waals surface area contributed by atoms with Gasteiger partial charge in [0.1, 0.15) is 17.4 Å². The van der Waals surface area contributed by atoms with E-state index in [9.17, 15) is 9.90 Å². The van der Waals surface area contributed by atoms with E-state index in [1.165, 1.54) is 17.3 Å². The van der Waals surface area contributed by atoms with Gasteiger partial charge in [-0.05, 0) is 35.1 Å². The molecular formula is C26H26N4O2S. The van der Waals surface area contributed by atoms with Crippen LogP contribution in [0.15, 0.2) is 71.0 Å². The van der Waals surface area contributed by atoms with Gasteiger partial charge in [-0.1, -0.05) is 68.1 Å². The van der Waals surface area contributed by atoms with Crippen LogP contribution in [0.25, 0.3) is 0 Å². The number of carbonyl (C=O) groups excluding carboxylic acids is 1. The Morgan fingerprint density at radius 1 is 1.09 bits per heavy atom. The Morgan fingerprint density at radius 2 is 1.82 bits per heavy atom. The van der Waals surface area contributed by atoms with Crippen molar-refractivity contribution < 1.29 is 9.90 Å². The molecule has 7 heteroatoms. The van der Waals surface area contributed by atoms with E-state index in [0.717, 1.165) is 34.6 Å². The Bertz CT molecular complexity index is 1250. The third-order valence-electron chi connectivity index (χ3n) is 6.16. The quantitative estimate of drug-likeness (QED) is 0.362. The number of aromatic nitrogens is 2. The van der Waals surface area contributed by atoms with E-state index in [1.54, 1.807) is 12.1 Å². The Hall–Kier alpha value is -3.32. The van der Waals surface area contributed by atoms with Crippen LogP contribution >= 0.6 is 11.8 Å². The number of rotatable bonds is 4. The summed E-state index contributed by atoms with van der Waals surface area (Å²) < 4.78 is 0. The number of nitrogens with two attached hydrogens (primary N) is 1. The highest BCUT2D eigenvalue weighted by Gasteiger charge is 2.42. The summed E-state index contributed by atoms with van der Waals surface area (Å²) in [6.45, 7) is 4.22. The highest BCUT2D eigenvalue weighted by Crippen LogP contribution is 2.50. The number of ketones is 1. The van der Waals surface area contributed by atoms with Crippen LogP contribution in [0.1, 0.15) is 49.3 Å². The Balaban J connectivity index is 1.58. The summed E-state index contributed by atoms with van der Waals surface area (Å²) in [5.74, 6) is 1.67. The van der Waals surface area contributed by atoms with Crippen molar-refractivity contribution in [2.75, 3.05) is 11.1 Å². The number of nitrogens with zero attached hydrogens (tertiary/aromatic N) is 2. The average molecular weight is 459 g/mol. The highest BCUT2D eigenvalue weighted by atomic mass is 32.2. The smallest absolute Gasteiger partial charge is 0.191 e. The maximum absolute atomic E-state index is 13.3. The van der Waals surface area contributed by atoms with Gasteiger partial charge in [-0.3, -0.25) is 4.79 Å². The van der Waals surface area contributed by atoms with E-state index in [-0.39, 0.29) is 22.9 Å². The topological polar surface area (TPSA) is 101 Å². The van der Waals surface area contributed by atoms with Crippen molar-refractivity contribution in [2.24, 2.45) is 5.41 Å². The number of allylic oxidation sites excluding steroid dienone is 2. The van der Waals surface area contributed by atoms with E-state index < -0.39 is 0 Å². The number of anilines is 2. The summed E-state index contributed by atoms with van der Waals surface area (Å²) in [5, 5.41) is 13.8. The number of Topliss-reactive ketones (excluding diaryl/α,β-unsaturated/α-hetero) is 1. The number of phenolic OH excluding ortho intramolecular Hbond substituents is 1. The van der Waals surface area contributed by atoms with Gasteiger partial charge in [0.25, 0.3) is 0 Å². The molecule has 0 unspecified atom stereocenters. The van der Waals surface area contributed by atoms with Crippen molar-refractivity contribution in [1.29, 1.82) is 0 Å². The van der Waals surface area contributed by atoms with Crippen molar-refractivity contribution in [3.05, 3.63) is 82.6 Å². The molecule has 0 bridgehead atoms. The first-order valence-electron chi connectivity index (χ1n) is 11.0. The molecule has 1 aliphatic carbocycles. The Kier molecular flexibility index (Phi) is 5.37. The minimum atomic E-state index is -0.367. The van der Waals surface area contributed by atoms with Crippen LogP contribution in [-0.2, 0) is 10.5 Å². The van der Waals surface area contributed by atoms with Gasteiger partial charge < -0.3 is 16.2 Å². The number of benzene rings is 2. The molecule has 0 amide bonds. The molecule has 33 heavy (non-hydrogen) atoms. The summed E-state index contributed by atoms with van der Waals surface area (Å²) in [4.78, 5) is 22.7. The second-order valence-electron chi connectivity index (χ2n) is 9.41. The molecule has 2 heterocycles. The first-order chi connectivity index (χ1) is 15.8. The predicted molar refractivity (Wildman–Crippen MR) is 131 cm³/mol. The van der Waals surface area contributed by atoms with E-state index in [0.29, 0.717) is 23.2 Å². The molecule has 4 N–H and O–H groups in total. The number of phenols is 1. The van der Waals surface area contributed by atoms with Gasteiger partial charge in [0, 0.05) is 34.9 Å². The van der Waals surface area contributed by atoms with Gasteiger partial charge in [-0.15, -0.1) is 0 Å². The molecule has 1 aromatic heterocycles. The molecule has 5 rings (SSSR count). The van der Waals surface area contributed by atoms with Crippen molar-refractivity contribution >= 4 is 29.2 Å². The van der Waals surface area contributed by atoms with Crippen LogP contribution in [0.3, 0.4) is 0 Å². The average Bonchev–Trinajstić information content (AvgIpc) is 2.77. The van der Waals surface area contributed by atoms with Crippen LogP contribution in [-0.4, -0.2) is 20.9 Å². The van der Waals surface area contributed by atoms with E-state index in [2.05, 4.69) is 36.3 Å². The molecule has 1 atom stereocenters. The second-order valence-corrected chi connectivity index (χ2v) is 10.4. The van der Waals surface area contributed by atoms with Crippen LogP contribution in [0.4, 0.5) is 11.6 Å². The van der Waals surface area contributed by atoms with Crippen molar-refractivity contribution in [1.82, 2.24) is 9.97 Å². The molecule has 2 aromatic carbocycles. The molecule has 1 aliphatic heterocycles. The van der Waals surface area contributed by atoms with Crippen molar-refractivity contribution in [3.8, 4) is 5.75 Å². The fraction of sp³-hybridized carbons (Fsp3) is 0.269. The molecule has 0 saturated heterocycles. The summed E-state index contributed by atoms with van der Waals surface area (Å²) in [5.41, 5.74) is 10.8. The maximum atomic E-state index is 13.3. The zero-order valence-electron chi connectivity index (χ0n) is 18.6. The highest BCUT2D eigenvalue weighted by molar-refractivity contribution is 7.98. The van der Waals surface area contributed by atoms with Crippen LogP contribution < -0.4 is 11.1 Å². The first kappa shape index (κ1) is 21.5. The summed E-state index contributed by atoms with van der Waals surface area (Å²) in [6.07, 6.45) is 1.22. The zero-order chi connectivity index (χ0) is 23.2. The number of carbonyl (C=O) groups is 1. The number of thioether (sulfide) groups is 1. The van der Waals surface area contributed by atoms with E-state index >= 15 is 0 Å². The molecule has 0 fully saturated rings. The monoisotopic (exact) mass is 458 g/mol. The first-order valence-corrected chi connectivity index (χ1v) is 12.0. The standard InChI is InChI=1S/C26H26N4O2S/c1-26(2)12-18-21(19(32)13-26)20(16-8-10-17(31)11-9-16)22-23(27)29-25(30-24(22)28-18)33-14-15-6-4-3-5-7-15/h3-11,20,31H,12-14H2,1-2H3,(H3,27,28,29,30)/t20-/m1/s1. The van der Waals surface area contributed by atoms with E-state index in [1.807, 2.05) is 30.3 Å². The summed E-state index contributed by atoms with van der Waals surface area (Å²) >= 11 is 1.53. The molecule has 6 nitrogen and oxygen atoms in total. The Morgan fingerprint density at radius 3 is 2.55 bits per heavy atom. The predicted octanol–water partition coefficient (Wildman–Crippen LogP) is 5.26. The fourth-order valence-electron chi connectivity index (χ4n) is 4.70. The lowest BCUT2D eigenvalue weighted by atomic mass is 9.69. The van der Waals surface area contributed by atoms with Crippen molar-refractivity contribution in [2.45, 2.75) is 43.5 Å². The number of hydrogen-bond acceptors (Lipinski definition) is 7. The van der Waals surface area contributed by atoms with Crippen LogP contribution in [0, 0.1) is 5.41 Å². The van der Waals surface area contributed by atoms with Gasteiger partial charge in [0.15, 0.2) is 10.9 Å². The minimum absolute atomic E-state index is 0.111. The molecule has 168 valence electrons. The number of fused-ring (bicyclic) bond motifs is 1. The molecule has 3 aromatic rings. The van der Waals surface area contributed by atoms with Gasteiger partial charge >= 0.3 is 0 Å². The number of nitrogens with one attached hydrogen (secondary N) is 1. The third kappa shape index (κ3) is 4.20. The lowest BCUT2D eigenvalue weighted by molar-refractivity contribution is -0.118. The molecular weight excluding hydrogens is 432 g/mol. The Labute approximate surface area is 197 Å². The minimum Gasteiger partial charge on any atom is -0.508 e. The lowest BCUT2D eigenvalue weighted by Crippen LogP contribution is -2.34. The second kappa shape index (κ2) is 8.23. The van der Waals surface area contributed by atoms with Crippen LogP contribution in [0.2, 0.25) is 0 Å². The van der Waals surface area contributed by atoms with Gasteiger partial charge in [0.05, 0.1) is 0 Å². The van der Waals surface area contributed by atoms with Gasteiger partial charge in [-0.2, -0.15) is 0 Å². The number of aromatic hydroxyl groups is 1. The lowest BCUT2D eigenvalue weighted by Gasteiger charge is -2.39. The number of nitrogen functional groups attached to an aromatic ring is 1. The largest absolute Gasteiger partial charge is 0.508 e. The van der Waals surface area contributed by atoms with Gasteiger partial charge in [-0.25, -0.2) is 9.97 Å². The molecule has 0 spiro atoms. The van der Waals surface area contributed by atoms with E-state index in [4.69, 9.17) is 10.7 Å². The summed E-state index contributed by atoms with van der Waals surface area (Å²) in [6, 6.07) is 17.1. The fourth-order valence-corrected chi connectivity index (χ4v) is 5.51.